The maximum atomic E-state index is 6.28. The Morgan fingerprint density at radius 1 is 0.739 bits per heavy atom. The van der Waals surface area contributed by atoms with Gasteiger partial charge in [0.15, 0.2) is 5.82 Å². The highest BCUT2D eigenvalue weighted by molar-refractivity contribution is 6.33. The zero-order valence-electron chi connectivity index (χ0n) is 12.3. The number of fused-ring (bicyclic) bond motifs is 1. The number of rotatable bonds is 2. The van der Waals surface area contributed by atoms with Crippen molar-refractivity contribution < 1.29 is 0 Å². The molecule has 0 unspecified atom stereocenters. The molecule has 3 heteroatoms. The Balaban J connectivity index is 1.81. The van der Waals surface area contributed by atoms with Crippen LogP contribution in [0.3, 0.4) is 0 Å². The number of hydrogen-bond donors (Lipinski definition) is 0. The minimum atomic E-state index is 0.739. The van der Waals surface area contributed by atoms with Crippen LogP contribution in [-0.2, 0) is 0 Å². The Hall–Kier alpha value is -2.71. The van der Waals surface area contributed by atoms with Gasteiger partial charge in [-0.15, -0.1) is 0 Å². The van der Waals surface area contributed by atoms with Crippen LogP contribution in [0, 0.1) is 0 Å². The van der Waals surface area contributed by atoms with E-state index in [1.165, 1.54) is 0 Å². The van der Waals surface area contributed by atoms with Crippen molar-refractivity contribution in [3.05, 3.63) is 84.0 Å². The number of aromatic nitrogens is 2. The van der Waals surface area contributed by atoms with Gasteiger partial charge in [-0.2, -0.15) is 0 Å². The first kappa shape index (κ1) is 13.9. The molecule has 2 nitrogen and oxygen atoms in total. The Labute approximate surface area is 139 Å². The van der Waals surface area contributed by atoms with E-state index in [9.17, 15) is 0 Å². The van der Waals surface area contributed by atoms with Crippen molar-refractivity contribution >= 4 is 22.5 Å². The molecule has 4 rings (SSSR count). The van der Waals surface area contributed by atoms with Crippen LogP contribution in [0.2, 0.25) is 5.02 Å². The summed E-state index contributed by atoms with van der Waals surface area (Å²) >= 11 is 6.28. The van der Waals surface area contributed by atoms with E-state index in [1.54, 1.807) is 0 Å². The van der Waals surface area contributed by atoms with Crippen LogP contribution in [0.4, 0.5) is 0 Å². The number of benzene rings is 3. The molecule has 0 N–H and O–H groups in total. The average Bonchev–Trinajstić information content (AvgIpc) is 2.62. The molecule has 1 aromatic heterocycles. The predicted molar refractivity (Wildman–Crippen MR) is 95.4 cm³/mol. The van der Waals surface area contributed by atoms with Crippen LogP contribution in [-0.4, -0.2) is 9.97 Å². The van der Waals surface area contributed by atoms with E-state index in [1.807, 2.05) is 72.9 Å². The lowest BCUT2D eigenvalue weighted by atomic mass is 10.0. The largest absolute Gasteiger partial charge is 0.236 e. The summed E-state index contributed by atoms with van der Waals surface area (Å²) in [6.45, 7) is 0. The molecule has 0 aliphatic carbocycles. The third-order valence-electron chi connectivity index (χ3n) is 3.80. The van der Waals surface area contributed by atoms with E-state index < -0.39 is 0 Å². The fourth-order valence-corrected chi connectivity index (χ4v) is 2.87. The highest BCUT2D eigenvalue weighted by Gasteiger charge is 2.06. The molecule has 0 amide bonds. The first-order valence-corrected chi connectivity index (χ1v) is 7.76. The van der Waals surface area contributed by atoms with E-state index in [0.717, 1.165) is 38.4 Å². The van der Waals surface area contributed by atoms with Gasteiger partial charge in [0.05, 0.1) is 5.52 Å². The Morgan fingerprint density at radius 3 is 2.35 bits per heavy atom. The molecule has 0 bridgehead atoms. The second-order valence-electron chi connectivity index (χ2n) is 5.31. The maximum absolute atomic E-state index is 6.28. The average molecular weight is 317 g/mol. The van der Waals surface area contributed by atoms with Crippen molar-refractivity contribution in [2.75, 3.05) is 0 Å². The third kappa shape index (κ3) is 2.69. The van der Waals surface area contributed by atoms with Crippen LogP contribution in [0.1, 0.15) is 0 Å². The van der Waals surface area contributed by atoms with E-state index in [4.69, 9.17) is 11.6 Å². The Bertz CT molecular complexity index is 981. The molecule has 0 fully saturated rings. The van der Waals surface area contributed by atoms with Gasteiger partial charge >= 0.3 is 0 Å². The molecule has 0 aliphatic rings. The van der Waals surface area contributed by atoms with Gasteiger partial charge in [0.25, 0.3) is 0 Å². The van der Waals surface area contributed by atoms with Gasteiger partial charge in [-0.3, -0.25) is 0 Å². The molecule has 0 aliphatic heterocycles. The standard InChI is InChI=1S/C20H13ClN2/c21-18-9-5-4-8-17(18)15-10-11-19-16(12-15)13-22-20(23-19)14-6-2-1-3-7-14/h1-13H. The van der Waals surface area contributed by atoms with Gasteiger partial charge in [-0.05, 0) is 23.8 Å². The highest BCUT2D eigenvalue weighted by atomic mass is 35.5. The van der Waals surface area contributed by atoms with Gasteiger partial charge in [-0.25, -0.2) is 9.97 Å². The Kier molecular flexibility index (Phi) is 3.52. The quantitative estimate of drug-likeness (QED) is 0.480. The van der Waals surface area contributed by atoms with E-state index >= 15 is 0 Å². The van der Waals surface area contributed by atoms with Crippen LogP contribution in [0.25, 0.3) is 33.4 Å². The lowest BCUT2D eigenvalue weighted by molar-refractivity contribution is 1.23. The zero-order chi connectivity index (χ0) is 15.6. The smallest absolute Gasteiger partial charge is 0.159 e. The van der Waals surface area contributed by atoms with Crippen molar-refractivity contribution in [2.45, 2.75) is 0 Å². The van der Waals surface area contributed by atoms with Crippen LogP contribution < -0.4 is 0 Å². The Morgan fingerprint density at radius 2 is 1.52 bits per heavy atom. The van der Waals surface area contributed by atoms with Gasteiger partial charge < -0.3 is 0 Å². The van der Waals surface area contributed by atoms with Crippen LogP contribution in [0.15, 0.2) is 79.0 Å². The molecule has 0 atom stereocenters. The molecular formula is C20H13ClN2. The summed E-state index contributed by atoms with van der Waals surface area (Å²) in [5.74, 6) is 0.739. The van der Waals surface area contributed by atoms with Crippen molar-refractivity contribution in [2.24, 2.45) is 0 Å². The fraction of sp³-hybridized carbons (Fsp3) is 0. The molecule has 3 aromatic carbocycles. The van der Waals surface area contributed by atoms with Crippen LogP contribution in [0.5, 0.6) is 0 Å². The monoisotopic (exact) mass is 316 g/mol. The number of halogens is 1. The molecular weight excluding hydrogens is 304 g/mol. The van der Waals surface area contributed by atoms with Gasteiger partial charge in [0, 0.05) is 27.7 Å². The number of hydrogen-bond acceptors (Lipinski definition) is 2. The minimum absolute atomic E-state index is 0.739. The molecule has 110 valence electrons. The fourth-order valence-electron chi connectivity index (χ4n) is 2.62. The lowest BCUT2D eigenvalue weighted by Crippen LogP contribution is -1.90. The van der Waals surface area contributed by atoms with Crippen molar-refractivity contribution in [3.63, 3.8) is 0 Å². The molecule has 0 saturated heterocycles. The van der Waals surface area contributed by atoms with Gasteiger partial charge in [-0.1, -0.05) is 66.2 Å². The lowest BCUT2D eigenvalue weighted by Gasteiger charge is -2.07. The second-order valence-corrected chi connectivity index (χ2v) is 5.72. The molecule has 0 saturated carbocycles. The number of nitrogens with zero attached hydrogens (tertiary/aromatic N) is 2. The summed E-state index contributed by atoms with van der Waals surface area (Å²) in [7, 11) is 0. The SMILES string of the molecule is Clc1ccccc1-c1ccc2nc(-c3ccccc3)ncc2c1. The zero-order valence-corrected chi connectivity index (χ0v) is 13.0. The molecule has 0 radical (unpaired) electrons. The summed E-state index contributed by atoms with van der Waals surface area (Å²) < 4.78 is 0. The normalized spacial score (nSPS) is 10.8. The molecule has 23 heavy (non-hydrogen) atoms. The second kappa shape index (κ2) is 5.82. The summed E-state index contributed by atoms with van der Waals surface area (Å²) in [6.07, 6.45) is 1.87. The minimum Gasteiger partial charge on any atom is -0.236 e. The van der Waals surface area contributed by atoms with Crippen molar-refractivity contribution in [1.82, 2.24) is 9.97 Å². The predicted octanol–water partition coefficient (Wildman–Crippen LogP) is 5.62. The van der Waals surface area contributed by atoms with Gasteiger partial charge in [0.1, 0.15) is 0 Å². The third-order valence-corrected chi connectivity index (χ3v) is 4.13. The first-order chi connectivity index (χ1) is 11.3. The molecule has 0 spiro atoms. The van der Waals surface area contributed by atoms with Crippen molar-refractivity contribution in [3.8, 4) is 22.5 Å². The highest BCUT2D eigenvalue weighted by Crippen LogP contribution is 2.30. The summed E-state index contributed by atoms with van der Waals surface area (Å²) in [6, 6.07) is 24.0. The van der Waals surface area contributed by atoms with Crippen LogP contribution >= 0.6 is 11.6 Å². The maximum Gasteiger partial charge on any atom is 0.159 e. The molecule has 4 aromatic rings. The van der Waals surface area contributed by atoms with E-state index in [-0.39, 0.29) is 0 Å². The summed E-state index contributed by atoms with van der Waals surface area (Å²) in [5.41, 5.74) is 4.03. The summed E-state index contributed by atoms with van der Waals surface area (Å²) in [4.78, 5) is 9.15. The summed E-state index contributed by atoms with van der Waals surface area (Å²) in [5, 5.41) is 1.75. The first-order valence-electron chi connectivity index (χ1n) is 7.38. The van der Waals surface area contributed by atoms with Crippen molar-refractivity contribution in [1.29, 1.82) is 0 Å². The van der Waals surface area contributed by atoms with Gasteiger partial charge in [0.2, 0.25) is 0 Å². The van der Waals surface area contributed by atoms with E-state index in [2.05, 4.69) is 16.0 Å². The molecule has 1 heterocycles. The topological polar surface area (TPSA) is 25.8 Å². The van der Waals surface area contributed by atoms with E-state index in [0.29, 0.717) is 0 Å².